The number of benzene rings is 1. The molecule has 116 valence electrons. The second-order valence-corrected chi connectivity index (χ2v) is 6.14. The van der Waals surface area contributed by atoms with Crippen LogP contribution in [0.25, 0.3) is 11.3 Å². The second kappa shape index (κ2) is 6.69. The first kappa shape index (κ1) is 17.4. The van der Waals surface area contributed by atoms with Crippen LogP contribution in [-0.2, 0) is 11.2 Å². The largest absolute Gasteiger partial charge is 0.481 e. The molecule has 0 atom stereocenters. The van der Waals surface area contributed by atoms with Crippen LogP contribution in [0.4, 0.5) is 5.69 Å². The van der Waals surface area contributed by atoms with Gasteiger partial charge in [-0.3, -0.25) is 4.79 Å². The van der Waals surface area contributed by atoms with Crippen molar-refractivity contribution >= 4 is 69.7 Å². The Labute approximate surface area is 150 Å². The summed E-state index contributed by atoms with van der Waals surface area (Å²) in [5.74, 6) is -1.07. The molecule has 0 bridgehead atoms. The first-order chi connectivity index (χ1) is 10.2. The number of carbonyl (C=O) groups is 1. The van der Waals surface area contributed by atoms with Crippen LogP contribution in [0.5, 0.6) is 0 Å². The van der Waals surface area contributed by atoms with Crippen molar-refractivity contribution in [2.75, 3.05) is 5.73 Å². The van der Waals surface area contributed by atoms with Crippen molar-refractivity contribution < 1.29 is 9.90 Å². The Kier molecular flexibility index (Phi) is 5.30. The molecule has 0 radical (unpaired) electrons. The number of pyridine rings is 1. The van der Waals surface area contributed by atoms with Crippen molar-refractivity contribution in [3.05, 3.63) is 42.9 Å². The quantitative estimate of drug-likeness (QED) is 0.547. The van der Waals surface area contributed by atoms with Gasteiger partial charge in [-0.2, -0.15) is 0 Å². The molecule has 2 rings (SSSR count). The molecule has 1 aromatic carbocycles. The molecule has 0 saturated heterocycles. The number of hydrogen-bond donors (Lipinski definition) is 2. The van der Waals surface area contributed by atoms with Crippen molar-refractivity contribution in [3.63, 3.8) is 0 Å². The summed E-state index contributed by atoms with van der Waals surface area (Å²) in [6.07, 6.45) is -0.343. The fraction of sp³-hybridized carbons (Fsp3) is 0.0769. The van der Waals surface area contributed by atoms with Gasteiger partial charge in [0.15, 0.2) is 0 Å². The standard InChI is InChI=1S/C13H7Cl5N2O2/c14-9-8(10(15)12(17)13(18)11(9)16)5-2-1-4(19)6(20-5)3-7(21)22/h1-2H,3,19H2,(H,21,22). The van der Waals surface area contributed by atoms with Gasteiger partial charge in [0.05, 0.1) is 48.6 Å². The minimum atomic E-state index is -1.07. The fourth-order valence-electron chi connectivity index (χ4n) is 1.77. The van der Waals surface area contributed by atoms with Crippen LogP contribution >= 0.6 is 58.0 Å². The topological polar surface area (TPSA) is 76.2 Å². The van der Waals surface area contributed by atoms with Crippen LogP contribution in [0, 0.1) is 0 Å². The maximum absolute atomic E-state index is 10.8. The zero-order valence-corrected chi connectivity index (χ0v) is 14.4. The number of rotatable bonds is 3. The lowest BCUT2D eigenvalue weighted by molar-refractivity contribution is -0.136. The molecule has 3 N–H and O–H groups in total. The number of halogens is 5. The van der Waals surface area contributed by atoms with Crippen molar-refractivity contribution in [3.8, 4) is 11.3 Å². The van der Waals surface area contributed by atoms with Gasteiger partial charge in [-0.15, -0.1) is 0 Å². The van der Waals surface area contributed by atoms with E-state index in [-0.39, 0.29) is 48.5 Å². The first-order valence-electron chi connectivity index (χ1n) is 5.73. The summed E-state index contributed by atoms with van der Waals surface area (Å²) in [5, 5.41) is 9.12. The summed E-state index contributed by atoms with van der Waals surface area (Å²) in [6, 6.07) is 3.04. The summed E-state index contributed by atoms with van der Waals surface area (Å²) < 4.78 is 0. The minimum Gasteiger partial charge on any atom is -0.481 e. The van der Waals surface area contributed by atoms with Crippen molar-refractivity contribution in [1.82, 2.24) is 4.98 Å². The number of nitrogen functional groups attached to an aromatic ring is 1. The lowest BCUT2D eigenvalue weighted by atomic mass is 10.1. The Morgan fingerprint density at radius 3 is 2.00 bits per heavy atom. The van der Waals surface area contributed by atoms with E-state index in [1.165, 1.54) is 12.1 Å². The van der Waals surface area contributed by atoms with Crippen LogP contribution in [0.1, 0.15) is 5.69 Å². The minimum absolute atomic E-state index is 0.0308. The molecule has 0 aliphatic carbocycles. The third kappa shape index (κ3) is 3.21. The average Bonchev–Trinajstić information content (AvgIpc) is 2.46. The zero-order chi connectivity index (χ0) is 16.6. The molecule has 0 unspecified atom stereocenters. The average molecular weight is 400 g/mol. The van der Waals surface area contributed by atoms with E-state index in [1.807, 2.05) is 0 Å². The van der Waals surface area contributed by atoms with Gasteiger partial charge in [0.2, 0.25) is 0 Å². The maximum atomic E-state index is 10.8. The predicted molar refractivity (Wildman–Crippen MR) is 90.5 cm³/mol. The number of carboxylic acid groups (broad SMARTS) is 1. The van der Waals surface area contributed by atoms with E-state index >= 15 is 0 Å². The fourth-order valence-corrected chi connectivity index (χ4v) is 3.10. The van der Waals surface area contributed by atoms with Gasteiger partial charge in [-0.1, -0.05) is 58.0 Å². The summed E-state index contributed by atoms with van der Waals surface area (Å²) in [5.41, 5.74) is 6.68. The molecule has 9 heteroatoms. The van der Waals surface area contributed by atoms with E-state index < -0.39 is 5.97 Å². The molecule has 1 heterocycles. The molecule has 0 aliphatic heterocycles. The SMILES string of the molecule is Nc1ccc(-c2c(Cl)c(Cl)c(Cl)c(Cl)c2Cl)nc1CC(=O)O. The number of nitrogens with two attached hydrogens (primary N) is 1. The normalized spacial score (nSPS) is 10.8. The van der Waals surface area contributed by atoms with Crippen molar-refractivity contribution in [2.45, 2.75) is 6.42 Å². The monoisotopic (exact) mass is 398 g/mol. The second-order valence-electron chi connectivity index (χ2n) is 4.25. The number of anilines is 1. The van der Waals surface area contributed by atoms with Gasteiger partial charge in [0.1, 0.15) is 0 Å². The summed E-state index contributed by atoms with van der Waals surface area (Å²) in [7, 11) is 0. The van der Waals surface area contributed by atoms with Gasteiger partial charge < -0.3 is 10.8 Å². The highest BCUT2D eigenvalue weighted by atomic mass is 35.5. The van der Waals surface area contributed by atoms with Crippen LogP contribution < -0.4 is 5.73 Å². The van der Waals surface area contributed by atoms with Gasteiger partial charge in [0, 0.05) is 5.56 Å². The molecule has 22 heavy (non-hydrogen) atoms. The Balaban J connectivity index is 2.70. The summed E-state index contributed by atoms with van der Waals surface area (Å²) in [6.45, 7) is 0. The Morgan fingerprint density at radius 1 is 1.00 bits per heavy atom. The van der Waals surface area contributed by atoms with Gasteiger partial charge in [-0.05, 0) is 12.1 Å². The third-order valence-corrected chi connectivity index (χ3v) is 5.07. The summed E-state index contributed by atoms with van der Waals surface area (Å²) >= 11 is 30.3. The number of aromatic nitrogens is 1. The molecule has 0 fully saturated rings. The number of nitrogens with zero attached hydrogens (tertiary/aromatic N) is 1. The highest BCUT2D eigenvalue weighted by Gasteiger charge is 2.22. The van der Waals surface area contributed by atoms with Gasteiger partial charge in [-0.25, -0.2) is 4.98 Å². The molecule has 0 aliphatic rings. The van der Waals surface area contributed by atoms with Crippen molar-refractivity contribution in [1.29, 1.82) is 0 Å². The zero-order valence-electron chi connectivity index (χ0n) is 10.6. The number of aliphatic carboxylic acids is 1. The van der Waals surface area contributed by atoms with E-state index in [9.17, 15) is 4.79 Å². The molecule has 0 amide bonds. The molecule has 0 spiro atoms. The molecule has 4 nitrogen and oxygen atoms in total. The van der Waals surface area contributed by atoms with Crippen LogP contribution in [-0.4, -0.2) is 16.1 Å². The molecular weight excluding hydrogens is 393 g/mol. The van der Waals surface area contributed by atoms with E-state index in [0.29, 0.717) is 5.69 Å². The predicted octanol–water partition coefficient (Wildman–Crippen LogP) is 5.22. The Morgan fingerprint density at radius 2 is 1.50 bits per heavy atom. The lowest BCUT2D eigenvalue weighted by Crippen LogP contribution is -2.06. The summed E-state index contributed by atoms with van der Waals surface area (Å²) in [4.78, 5) is 15.0. The number of carboxylic acids is 1. The van der Waals surface area contributed by atoms with Crippen LogP contribution in [0.3, 0.4) is 0 Å². The highest BCUT2D eigenvalue weighted by Crippen LogP contribution is 2.47. The molecule has 2 aromatic rings. The first-order valence-corrected chi connectivity index (χ1v) is 7.62. The van der Waals surface area contributed by atoms with Gasteiger partial charge in [0.25, 0.3) is 0 Å². The molecular formula is C13H7Cl5N2O2. The van der Waals surface area contributed by atoms with Crippen LogP contribution in [0.15, 0.2) is 12.1 Å². The van der Waals surface area contributed by atoms with E-state index in [2.05, 4.69) is 4.98 Å². The molecule has 1 aromatic heterocycles. The molecule has 0 saturated carbocycles. The third-order valence-electron chi connectivity index (χ3n) is 2.79. The Hall–Kier alpha value is -0.910. The van der Waals surface area contributed by atoms with Crippen LogP contribution in [0.2, 0.25) is 25.1 Å². The smallest absolute Gasteiger partial charge is 0.309 e. The highest BCUT2D eigenvalue weighted by molar-refractivity contribution is 6.56. The van der Waals surface area contributed by atoms with E-state index in [4.69, 9.17) is 68.8 Å². The lowest BCUT2D eigenvalue weighted by Gasteiger charge is -2.13. The Bertz CT molecular complexity index is 751. The van der Waals surface area contributed by atoms with E-state index in [0.717, 1.165) is 0 Å². The van der Waals surface area contributed by atoms with E-state index in [1.54, 1.807) is 0 Å². The maximum Gasteiger partial charge on any atom is 0.309 e. The number of hydrogen-bond acceptors (Lipinski definition) is 3. The van der Waals surface area contributed by atoms with Crippen molar-refractivity contribution in [2.24, 2.45) is 0 Å². The van der Waals surface area contributed by atoms with Gasteiger partial charge >= 0.3 is 5.97 Å².